The van der Waals surface area contributed by atoms with Crippen LogP contribution in [0.3, 0.4) is 0 Å². The lowest BCUT2D eigenvalue weighted by Crippen LogP contribution is -2.69. The van der Waals surface area contributed by atoms with Crippen molar-refractivity contribution in [2.45, 2.75) is 76.5 Å². The van der Waals surface area contributed by atoms with E-state index in [2.05, 4.69) is 49.9 Å². The molecule has 1 saturated carbocycles. The van der Waals surface area contributed by atoms with E-state index in [1.54, 1.807) is 42.3 Å². The van der Waals surface area contributed by atoms with E-state index in [4.69, 9.17) is 19.0 Å². The number of nitriles is 1. The predicted octanol–water partition coefficient (Wildman–Crippen LogP) is 8.00. The van der Waals surface area contributed by atoms with Crippen LogP contribution in [0, 0.1) is 42.9 Å². The number of ether oxygens (including phenoxy) is 3. The molecule has 0 spiro atoms. The number of fused-ring (bicyclic) bond motifs is 2. The standard InChI is InChI=1S/C45H53N3O7/c1-6-23-53-45-41(48(4)44(51)32-16-14-31(28-46)15-17-32)27-39(47-52-5)37-25-33(11-7-9-21-49)36(12-8-10-22-50)42(43(37)45)38-26-35(19-20-40(38)55-45)54-34-18-13-29(2)30(3)24-34/h6,13-20,24-26,33,36,41-43,49-50H,1,7-12,21-23,27H2,2-5H3. The molecule has 3 aromatic rings. The summed E-state index contributed by atoms with van der Waals surface area (Å²) in [6, 6.07) is 20.1. The van der Waals surface area contributed by atoms with Crippen molar-refractivity contribution in [2.24, 2.45) is 22.9 Å². The Labute approximate surface area is 324 Å². The maximum Gasteiger partial charge on any atom is 0.254 e. The lowest BCUT2D eigenvalue weighted by molar-refractivity contribution is -0.252. The van der Waals surface area contributed by atoms with Crippen LogP contribution in [0.2, 0.25) is 0 Å². The largest absolute Gasteiger partial charge is 0.459 e. The number of aliphatic hydroxyl groups excluding tert-OH is 2. The molecule has 1 heterocycles. The van der Waals surface area contributed by atoms with Crippen molar-refractivity contribution in [1.29, 1.82) is 5.26 Å². The van der Waals surface area contributed by atoms with E-state index in [0.717, 1.165) is 53.8 Å². The van der Waals surface area contributed by atoms with Crippen LogP contribution in [0.15, 0.2) is 90.1 Å². The second-order valence-corrected chi connectivity index (χ2v) is 14.9. The van der Waals surface area contributed by atoms with Gasteiger partial charge in [0.1, 0.15) is 30.4 Å². The first-order valence-electron chi connectivity index (χ1n) is 19.3. The molecule has 290 valence electrons. The van der Waals surface area contributed by atoms with E-state index in [1.807, 2.05) is 24.3 Å². The normalized spacial score (nSPS) is 24.4. The van der Waals surface area contributed by atoms with Gasteiger partial charge in [-0.15, -0.1) is 6.58 Å². The minimum Gasteiger partial charge on any atom is -0.459 e. The number of nitrogens with zero attached hydrogens (tertiary/aromatic N) is 3. The van der Waals surface area contributed by atoms with Gasteiger partial charge in [-0.3, -0.25) is 4.79 Å². The van der Waals surface area contributed by atoms with Crippen LogP contribution in [-0.4, -0.2) is 72.5 Å². The Bertz CT molecular complexity index is 1950. The summed E-state index contributed by atoms with van der Waals surface area (Å²) >= 11 is 0. The molecule has 0 radical (unpaired) electrons. The third-order valence-electron chi connectivity index (χ3n) is 11.6. The summed E-state index contributed by atoms with van der Waals surface area (Å²) < 4.78 is 20.7. The van der Waals surface area contributed by atoms with Gasteiger partial charge in [0.15, 0.2) is 0 Å². The highest BCUT2D eigenvalue weighted by molar-refractivity contribution is 6.03. The third kappa shape index (κ3) is 8.06. The predicted molar refractivity (Wildman–Crippen MR) is 211 cm³/mol. The molecule has 0 bridgehead atoms. The summed E-state index contributed by atoms with van der Waals surface area (Å²) in [5.41, 5.74) is 5.88. The smallest absolute Gasteiger partial charge is 0.254 e. The molecule has 6 unspecified atom stereocenters. The van der Waals surface area contributed by atoms with Gasteiger partial charge in [0.05, 0.1) is 29.9 Å². The minimum absolute atomic E-state index is 0.0901. The van der Waals surface area contributed by atoms with Gasteiger partial charge in [-0.1, -0.05) is 36.2 Å². The van der Waals surface area contributed by atoms with E-state index in [1.165, 1.54) is 12.7 Å². The molecule has 10 nitrogen and oxygen atoms in total. The summed E-state index contributed by atoms with van der Waals surface area (Å²) in [6.45, 7) is 8.52. The van der Waals surface area contributed by atoms with Gasteiger partial charge in [-0.25, -0.2) is 0 Å². The van der Waals surface area contributed by atoms with E-state index < -0.39 is 17.7 Å². The van der Waals surface area contributed by atoms with Gasteiger partial charge in [-0.05, 0) is 123 Å². The second kappa shape index (κ2) is 17.7. The van der Waals surface area contributed by atoms with Gasteiger partial charge >= 0.3 is 0 Å². The maximum absolute atomic E-state index is 14.4. The molecular weight excluding hydrogens is 695 g/mol. The topological polar surface area (TPSA) is 134 Å². The molecule has 0 saturated heterocycles. The van der Waals surface area contributed by atoms with Gasteiger partial charge in [0.25, 0.3) is 5.91 Å². The van der Waals surface area contributed by atoms with Crippen LogP contribution in [0.25, 0.3) is 0 Å². The second-order valence-electron chi connectivity index (χ2n) is 14.9. The summed E-state index contributed by atoms with van der Waals surface area (Å²) in [7, 11) is 3.29. The number of allylic oxidation sites excluding steroid dienone is 1. The minimum atomic E-state index is -1.36. The van der Waals surface area contributed by atoms with E-state index in [9.17, 15) is 20.3 Å². The van der Waals surface area contributed by atoms with Gasteiger partial charge < -0.3 is 34.2 Å². The van der Waals surface area contributed by atoms with Crippen molar-refractivity contribution < 1.29 is 34.1 Å². The number of oxime groups is 1. The van der Waals surface area contributed by atoms with Gasteiger partial charge in [0, 0.05) is 43.7 Å². The average molecular weight is 748 g/mol. The Morgan fingerprint density at radius 2 is 1.73 bits per heavy atom. The van der Waals surface area contributed by atoms with Crippen LogP contribution in [-0.2, 0) is 9.57 Å². The zero-order chi connectivity index (χ0) is 39.1. The first kappa shape index (κ1) is 39.7. The molecule has 1 aliphatic heterocycles. The first-order chi connectivity index (χ1) is 26.7. The highest BCUT2D eigenvalue weighted by Gasteiger charge is 2.65. The van der Waals surface area contributed by atoms with Crippen LogP contribution in [0.5, 0.6) is 17.2 Å². The molecule has 6 rings (SSSR count). The summed E-state index contributed by atoms with van der Waals surface area (Å²) in [6.07, 6.45) is 9.02. The summed E-state index contributed by atoms with van der Waals surface area (Å²) in [5.74, 6) is 0.0767. The maximum atomic E-state index is 14.4. The molecule has 2 N–H and O–H groups in total. The molecule has 6 atom stereocenters. The van der Waals surface area contributed by atoms with Crippen molar-refractivity contribution >= 4 is 11.6 Å². The number of carbonyl (C=O) groups excluding carboxylic acids is 1. The summed E-state index contributed by atoms with van der Waals surface area (Å²) in [5, 5.41) is 33.7. The number of likely N-dealkylation sites (N-methyl/N-ethyl adjacent to an activating group) is 1. The van der Waals surface area contributed by atoms with Crippen LogP contribution < -0.4 is 9.47 Å². The fourth-order valence-corrected chi connectivity index (χ4v) is 8.85. The van der Waals surface area contributed by atoms with E-state index >= 15 is 0 Å². The summed E-state index contributed by atoms with van der Waals surface area (Å²) in [4.78, 5) is 21.5. The van der Waals surface area contributed by atoms with Crippen molar-refractivity contribution in [1.82, 2.24) is 4.90 Å². The fraction of sp³-hybridized carbons (Fsp3) is 0.444. The number of aliphatic hydroxyl groups is 2. The number of benzene rings is 3. The molecule has 3 aromatic carbocycles. The zero-order valence-corrected chi connectivity index (χ0v) is 32.4. The number of amides is 1. The number of carbonyl (C=O) groups is 1. The Morgan fingerprint density at radius 3 is 2.40 bits per heavy atom. The van der Waals surface area contributed by atoms with E-state index in [0.29, 0.717) is 41.9 Å². The molecule has 2 aliphatic carbocycles. The molecule has 0 aromatic heterocycles. The van der Waals surface area contributed by atoms with E-state index in [-0.39, 0.29) is 43.5 Å². The van der Waals surface area contributed by atoms with Gasteiger partial charge in [0.2, 0.25) is 5.79 Å². The Hall–Kier alpha value is -4.95. The number of hydrogen-bond acceptors (Lipinski definition) is 9. The number of hydrogen-bond donors (Lipinski definition) is 2. The average Bonchev–Trinajstić information content (AvgIpc) is 3.20. The lowest BCUT2D eigenvalue weighted by Gasteiger charge is -2.59. The number of aryl methyl sites for hydroxylation is 2. The monoisotopic (exact) mass is 747 g/mol. The molecule has 3 aliphatic rings. The first-order valence-corrected chi connectivity index (χ1v) is 19.3. The molecule has 10 heteroatoms. The highest BCUT2D eigenvalue weighted by atomic mass is 16.7. The zero-order valence-electron chi connectivity index (χ0n) is 32.4. The lowest BCUT2D eigenvalue weighted by atomic mass is 9.55. The SMILES string of the molecule is C=CCOC12Oc3ccc(Oc4ccc(C)c(C)c4)cc3C3C(CCCCO)C(CCCCO)C=C(C(=NOC)CC1N(C)C(=O)c1ccc(C#N)cc1)C32. The van der Waals surface area contributed by atoms with Crippen LogP contribution in [0.1, 0.15) is 83.5 Å². The van der Waals surface area contributed by atoms with Crippen molar-refractivity contribution in [3.05, 3.63) is 113 Å². The molecule has 1 amide bonds. The van der Waals surface area contributed by atoms with Crippen LogP contribution in [0.4, 0.5) is 0 Å². The Morgan fingerprint density at radius 1 is 1.02 bits per heavy atom. The molecule has 1 fully saturated rings. The highest BCUT2D eigenvalue weighted by Crippen LogP contribution is 2.62. The van der Waals surface area contributed by atoms with Crippen LogP contribution >= 0.6 is 0 Å². The van der Waals surface area contributed by atoms with Crippen molar-refractivity contribution in [2.75, 3.05) is 34.0 Å². The molecule has 55 heavy (non-hydrogen) atoms. The number of unbranched alkanes of at least 4 members (excludes halogenated alkanes) is 2. The quantitative estimate of drug-likeness (QED) is 0.0856. The number of rotatable bonds is 16. The van der Waals surface area contributed by atoms with Crippen molar-refractivity contribution in [3.8, 4) is 23.3 Å². The fourth-order valence-electron chi connectivity index (χ4n) is 8.85. The Kier molecular flexibility index (Phi) is 12.8. The third-order valence-corrected chi connectivity index (χ3v) is 11.6. The van der Waals surface area contributed by atoms with Crippen molar-refractivity contribution in [3.63, 3.8) is 0 Å². The van der Waals surface area contributed by atoms with Gasteiger partial charge in [-0.2, -0.15) is 5.26 Å². The molecular formula is C45H53N3O7. The Balaban J connectivity index is 1.55.